The van der Waals surface area contributed by atoms with E-state index in [4.69, 9.17) is 5.14 Å². The normalized spacial score (nSPS) is 13.5. The van der Waals surface area contributed by atoms with Gasteiger partial charge in [0.05, 0.1) is 5.75 Å². The number of primary sulfonamides is 1. The second-order valence-electron chi connectivity index (χ2n) is 2.44. The maximum atomic E-state index is 10.6. The summed E-state index contributed by atoms with van der Waals surface area (Å²) in [6.07, 6.45) is 1.07. The number of hydrogen-bond acceptors (Lipinski definition) is 3. The Morgan fingerprint density at radius 1 is 1.75 bits per heavy atom. The Hall–Kier alpha value is -0.880. The van der Waals surface area contributed by atoms with Crippen molar-refractivity contribution in [2.24, 2.45) is 5.14 Å². The average molecular weight is 192 g/mol. The number of carbonyl (C=O) groups is 1. The van der Waals surface area contributed by atoms with Gasteiger partial charge in [0, 0.05) is 6.04 Å². The second kappa shape index (κ2) is 4.22. The lowest BCUT2D eigenvalue weighted by Crippen LogP contribution is -2.38. The maximum Gasteiger partial charge on any atom is 0.243 e. The first-order valence-corrected chi connectivity index (χ1v) is 5.00. The lowest BCUT2D eigenvalue weighted by molar-refractivity contribution is -0.116. The second-order valence-corrected chi connectivity index (χ2v) is 4.10. The van der Waals surface area contributed by atoms with E-state index in [-0.39, 0.29) is 5.75 Å². The number of rotatable bonds is 4. The van der Waals surface area contributed by atoms with Gasteiger partial charge in [-0.2, -0.15) is 0 Å². The molecule has 0 spiro atoms. The highest BCUT2D eigenvalue weighted by molar-refractivity contribution is 7.89. The third-order valence-corrected chi connectivity index (χ3v) is 2.02. The summed E-state index contributed by atoms with van der Waals surface area (Å²) in [4.78, 5) is 10.6. The molecule has 70 valence electrons. The van der Waals surface area contributed by atoms with Gasteiger partial charge < -0.3 is 5.32 Å². The zero-order valence-electron chi connectivity index (χ0n) is 6.78. The highest BCUT2D eigenvalue weighted by Gasteiger charge is 2.11. The van der Waals surface area contributed by atoms with Crippen LogP contribution in [0.1, 0.15) is 6.92 Å². The fourth-order valence-electron chi connectivity index (χ4n) is 0.692. The van der Waals surface area contributed by atoms with Gasteiger partial charge >= 0.3 is 0 Å². The third-order valence-electron chi connectivity index (χ3n) is 1.06. The van der Waals surface area contributed by atoms with Gasteiger partial charge in [0.25, 0.3) is 0 Å². The van der Waals surface area contributed by atoms with Crippen molar-refractivity contribution >= 4 is 15.9 Å². The minimum atomic E-state index is -3.53. The first-order valence-electron chi connectivity index (χ1n) is 3.28. The molecule has 0 rings (SSSR count). The molecule has 3 N–H and O–H groups in total. The van der Waals surface area contributed by atoms with Gasteiger partial charge in [-0.15, -0.1) is 0 Å². The molecule has 1 amide bonds. The fraction of sp³-hybridized carbons (Fsp3) is 0.500. The summed E-state index contributed by atoms with van der Waals surface area (Å²) >= 11 is 0. The van der Waals surface area contributed by atoms with Gasteiger partial charge in [-0.25, -0.2) is 13.6 Å². The van der Waals surface area contributed by atoms with Gasteiger partial charge in [-0.1, -0.05) is 6.58 Å². The number of nitrogens with two attached hydrogens (primary N) is 1. The van der Waals surface area contributed by atoms with Crippen LogP contribution in [0.2, 0.25) is 0 Å². The molecule has 6 heteroatoms. The summed E-state index contributed by atoms with van der Waals surface area (Å²) < 4.78 is 21.0. The lowest BCUT2D eigenvalue weighted by Gasteiger charge is -2.09. The van der Waals surface area contributed by atoms with Crippen molar-refractivity contribution in [2.45, 2.75) is 13.0 Å². The van der Waals surface area contributed by atoms with E-state index >= 15 is 0 Å². The summed E-state index contributed by atoms with van der Waals surface area (Å²) in [7, 11) is -3.53. The first kappa shape index (κ1) is 11.1. The molecule has 1 atom stereocenters. The molecule has 5 nitrogen and oxygen atoms in total. The van der Waals surface area contributed by atoms with E-state index in [9.17, 15) is 13.2 Å². The standard InChI is InChI=1S/C6H12N2O3S/c1-3-6(9)8-5(2)4-12(7,10)11/h3,5H,1,4H2,2H3,(H,8,9)(H2,7,10,11)/t5-/m1/s1. The van der Waals surface area contributed by atoms with Crippen LogP contribution in [-0.2, 0) is 14.8 Å². The van der Waals surface area contributed by atoms with Gasteiger partial charge in [0.1, 0.15) is 0 Å². The molecule has 0 saturated carbocycles. The van der Waals surface area contributed by atoms with Gasteiger partial charge in [0.2, 0.25) is 15.9 Å². The Morgan fingerprint density at radius 2 is 2.25 bits per heavy atom. The SMILES string of the molecule is C=CC(=O)N[C@H](C)CS(N)(=O)=O. The number of hydrogen-bond donors (Lipinski definition) is 2. The predicted octanol–water partition coefficient (Wildman–Crippen LogP) is -1.03. The number of carbonyl (C=O) groups excluding carboxylic acids is 1. The van der Waals surface area contributed by atoms with Gasteiger partial charge in [0.15, 0.2) is 0 Å². The topological polar surface area (TPSA) is 89.3 Å². The third kappa shape index (κ3) is 5.87. The summed E-state index contributed by atoms with van der Waals surface area (Å²) in [6, 6.07) is -0.495. The Bertz CT molecular complexity index is 271. The molecule has 0 saturated heterocycles. The van der Waals surface area contributed by atoms with Crippen molar-refractivity contribution < 1.29 is 13.2 Å². The van der Waals surface area contributed by atoms with Crippen LogP contribution in [0.25, 0.3) is 0 Å². The van der Waals surface area contributed by atoms with E-state index in [1.54, 1.807) is 6.92 Å². The summed E-state index contributed by atoms with van der Waals surface area (Å²) in [5.74, 6) is -0.682. The minimum absolute atomic E-state index is 0.271. The van der Waals surface area contributed by atoms with E-state index in [0.29, 0.717) is 0 Å². The molecule has 0 aliphatic heterocycles. The maximum absolute atomic E-state index is 10.6. The molecule has 0 fully saturated rings. The largest absolute Gasteiger partial charge is 0.349 e. The zero-order chi connectivity index (χ0) is 9.78. The highest BCUT2D eigenvalue weighted by Crippen LogP contribution is 1.86. The van der Waals surface area contributed by atoms with Gasteiger partial charge in [-0.05, 0) is 13.0 Å². The van der Waals surface area contributed by atoms with Crippen LogP contribution in [0, 0.1) is 0 Å². The lowest BCUT2D eigenvalue weighted by atomic mass is 10.4. The van der Waals surface area contributed by atoms with Crippen molar-refractivity contribution in [3.8, 4) is 0 Å². The summed E-state index contributed by atoms with van der Waals surface area (Å²) in [5.41, 5.74) is 0. The van der Waals surface area contributed by atoms with Crippen molar-refractivity contribution in [1.82, 2.24) is 5.32 Å². The molecule has 0 radical (unpaired) electrons. The molecule has 12 heavy (non-hydrogen) atoms. The van der Waals surface area contributed by atoms with E-state index in [1.807, 2.05) is 0 Å². The van der Waals surface area contributed by atoms with E-state index < -0.39 is 22.0 Å². The quantitative estimate of drug-likeness (QED) is 0.558. The molecule has 0 aliphatic rings. The molecular formula is C6H12N2O3S. The zero-order valence-corrected chi connectivity index (χ0v) is 7.60. The molecular weight excluding hydrogens is 180 g/mol. The predicted molar refractivity (Wildman–Crippen MR) is 45.8 cm³/mol. The van der Waals surface area contributed by atoms with Crippen molar-refractivity contribution in [2.75, 3.05) is 5.75 Å². The molecule has 0 unspecified atom stereocenters. The highest BCUT2D eigenvalue weighted by atomic mass is 32.2. The monoisotopic (exact) mass is 192 g/mol. The van der Waals surface area contributed by atoms with Crippen LogP contribution in [-0.4, -0.2) is 26.1 Å². The van der Waals surface area contributed by atoms with Crippen molar-refractivity contribution in [3.63, 3.8) is 0 Å². The Morgan fingerprint density at radius 3 is 2.58 bits per heavy atom. The molecule has 0 aromatic heterocycles. The van der Waals surface area contributed by atoms with Crippen LogP contribution in [0.3, 0.4) is 0 Å². The van der Waals surface area contributed by atoms with Crippen LogP contribution < -0.4 is 10.5 Å². The Kier molecular flexibility index (Phi) is 3.91. The molecule has 0 bridgehead atoms. The summed E-state index contributed by atoms with van der Waals surface area (Å²) in [6.45, 7) is 4.76. The van der Waals surface area contributed by atoms with Crippen LogP contribution in [0.15, 0.2) is 12.7 Å². The van der Waals surface area contributed by atoms with Crippen LogP contribution in [0.4, 0.5) is 0 Å². The molecule has 0 heterocycles. The van der Waals surface area contributed by atoms with Crippen molar-refractivity contribution in [3.05, 3.63) is 12.7 Å². The van der Waals surface area contributed by atoms with E-state index in [1.165, 1.54) is 0 Å². The first-order chi connectivity index (χ1) is 5.35. The van der Waals surface area contributed by atoms with Gasteiger partial charge in [-0.3, -0.25) is 4.79 Å². The van der Waals surface area contributed by atoms with E-state index in [0.717, 1.165) is 6.08 Å². The van der Waals surface area contributed by atoms with E-state index in [2.05, 4.69) is 11.9 Å². The molecule has 0 aromatic rings. The molecule has 0 aromatic carbocycles. The van der Waals surface area contributed by atoms with Crippen LogP contribution >= 0.6 is 0 Å². The number of amides is 1. The summed E-state index contributed by atoms with van der Waals surface area (Å²) in [5, 5.41) is 7.12. The average Bonchev–Trinajstić information content (AvgIpc) is 1.82. The van der Waals surface area contributed by atoms with Crippen LogP contribution in [0.5, 0.6) is 0 Å². The number of nitrogens with one attached hydrogen (secondary N) is 1. The minimum Gasteiger partial charge on any atom is -0.349 e. The smallest absolute Gasteiger partial charge is 0.243 e. The fourth-order valence-corrected chi connectivity index (χ4v) is 1.47. The Balaban J connectivity index is 3.99. The molecule has 0 aliphatic carbocycles. The van der Waals surface area contributed by atoms with Crippen molar-refractivity contribution in [1.29, 1.82) is 0 Å². The number of sulfonamides is 1. The Labute approximate surface area is 71.7 Å².